The minimum Gasteiger partial charge on any atom is -0.351 e. The molecule has 5 aliphatic carbocycles. The average molecular weight is 269 g/mol. The van der Waals surface area contributed by atoms with Crippen LogP contribution in [0.4, 0.5) is 5.95 Å². The molecular weight excluding hydrogens is 246 g/mol. The first-order valence-electron chi connectivity index (χ1n) is 8.39. The van der Waals surface area contributed by atoms with Crippen LogP contribution in [0.25, 0.3) is 0 Å². The molecule has 0 spiro atoms. The molecule has 3 nitrogen and oxygen atoms in total. The first kappa shape index (κ1) is 11.5. The van der Waals surface area contributed by atoms with Crippen molar-refractivity contribution in [1.82, 2.24) is 9.97 Å². The lowest BCUT2D eigenvalue weighted by molar-refractivity contribution is -0.00719. The average Bonchev–Trinajstić information content (AvgIpc) is 3.21. The van der Waals surface area contributed by atoms with Crippen LogP contribution in [0.1, 0.15) is 57.1 Å². The van der Waals surface area contributed by atoms with E-state index in [4.69, 9.17) is 4.98 Å². The molecule has 3 heteroatoms. The van der Waals surface area contributed by atoms with Crippen molar-refractivity contribution in [2.45, 2.75) is 62.8 Å². The van der Waals surface area contributed by atoms with Gasteiger partial charge in [-0.25, -0.2) is 9.97 Å². The predicted molar refractivity (Wildman–Crippen MR) is 78.5 cm³/mol. The molecule has 0 aliphatic heterocycles. The lowest BCUT2D eigenvalue weighted by Crippen LogP contribution is -2.49. The number of rotatable bonds is 3. The third-order valence-corrected chi connectivity index (χ3v) is 6.15. The van der Waals surface area contributed by atoms with E-state index in [1.807, 2.05) is 6.20 Å². The zero-order chi connectivity index (χ0) is 13.2. The van der Waals surface area contributed by atoms with E-state index in [0.717, 1.165) is 23.7 Å². The van der Waals surface area contributed by atoms with E-state index >= 15 is 0 Å². The molecule has 1 aromatic rings. The van der Waals surface area contributed by atoms with Gasteiger partial charge in [-0.15, -0.1) is 0 Å². The van der Waals surface area contributed by atoms with Gasteiger partial charge in [-0.05, 0) is 75.2 Å². The highest BCUT2D eigenvalue weighted by Crippen LogP contribution is 2.60. The Morgan fingerprint density at radius 2 is 1.65 bits per heavy atom. The number of aromatic nitrogens is 2. The Kier molecular flexibility index (Phi) is 2.28. The van der Waals surface area contributed by atoms with Gasteiger partial charge in [0, 0.05) is 17.7 Å². The van der Waals surface area contributed by atoms with E-state index in [0.29, 0.717) is 11.5 Å². The molecule has 1 N–H and O–H groups in total. The SMILES string of the molecule is c1cc(C23CC4CC(CC(C4)C2)C3)nc(NC2CC2)n1. The largest absolute Gasteiger partial charge is 0.351 e. The first-order chi connectivity index (χ1) is 9.79. The maximum atomic E-state index is 4.92. The van der Waals surface area contributed by atoms with Crippen molar-refractivity contribution in [2.75, 3.05) is 5.32 Å². The summed E-state index contributed by atoms with van der Waals surface area (Å²) in [5.74, 6) is 3.82. The van der Waals surface area contributed by atoms with Crippen molar-refractivity contribution in [2.24, 2.45) is 17.8 Å². The number of nitrogens with zero attached hydrogens (tertiary/aromatic N) is 2. The van der Waals surface area contributed by atoms with Crippen LogP contribution < -0.4 is 5.32 Å². The van der Waals surface area contributed by atoms with E-state index in [2.05, 4.69) is 16.4 Å². The fourth-order valence-corrected chi connectivity index (χ4v) is 5.56. The molecule has 0 aromatic carbocycles. The summed E-state index contributed by atoms with van der Waals surface area (Å²) in [6.45, 7) is 0. The highest BCUT2D eigenvalue weighted by atomic mass is 15.1. The van der Waals surface area contributed by atoms with Crippen molar-refractivity contribution >= 4 is 5.95 Å². The molecule has 1 heterocycles. The fourth-order valence-electron chi connectivity index (χ4n) is 5.56. The molecule has 0 atom stereocenters. The van der Waals surface area contributed by atoms with Crippen molar-refractivity contribution in [3.05, 3.63) is 18.0 Å². The quantitative estimate of drug-likeness (QED) is 0.912. The summed E-state index contributed by atoms with van der Waals surface area (Å²) in [7, 11) is 0. The summed E-state index contributed by atoms with van der Waals surface area (Å²) >= 11 is 0. The summed E-state index contributed by atoms with van der Waals surface area (Å²) in [4.78, 5) is 9.35. The number of anilines is 1. The van der Waals surface area contributed by atoms with Crippen molar-refractivity contribution < 1.29 is 0 Å². The number of nitrogens with one attached hydrogen (secondary N) is 1. The topological polar surface area (TPSA) is 37.8 Å². The van der Waals surface area contributed by atoms with Crippen LogP contribution in [0.2, 0.25) is 0 Å². The van der Waals surface area contributed by atoms with Crippen molar-refractivity contribution in [1.29, 1.82) is 0 Å². The van der Waals surface area contributed by atoms with Gasteiger partial charge in [-0.2, -0.15) is 0 Å². The molecule has 6 rings (SSSR count). The summed E-state index contributed by atoms with van der Waals surface area (Å²) in [6.07, 6.45) is 13.2. The third-order valence-electron chi connectivity index (χ3n) is 6.15. The maximum absolute atomic E-state index is 4.92. The normalized spacial score (nSPS) is 41.9. The number of hydrogen-bond acceptors (Lipinski definition) is 3. The first-order valence-corrected chi connectivity index (χ1v) is 8.39. The van der Waals surface area contributed by atoms with Gasteiger partial charge >= 0.3 is 0 Å². The summed E-state index contributed by atoms with van der Waals surface area (Å²) in [6, 6.07) is 2.84. The minimum atomic E-state index is 0.400. The lowest BCUT2D eigenvalue weighted by atomic mass is 9.49. The molecule has 5 saturated carbocycles. The molecule has 106 valence electrons. The number of hydrogen-bond donors (Lipinski definition) is 1. The Labute approximate surface area is 120 Å². The standard InChI is InChI=1S/C17H23N3/c1-2-14(1)19-16-18-4-3-15(20-16)17-8-11-5-12(9-17)7-13(6-11)10-17/h3-4,11-14H,1-2,5-10H2,(H,18,19,20). The van der Waals surface area contributed by atoms with Crippen LogP contribution in [-0.4, -0.2) is 16.0 Å². The second-order valence-electron chi connectivity index (χ2n) is 7.88. The van der Waals surface area contributed by atoms with Crippen LogP contribution in [0.15, 0.2) is 12.3 Å². The molecule has 0 radical (unpaired) electrons. The van der Waals surface area contributed by atoms with Gasteiger partial charge in [0.15, 0.2) is 0 Å². The molecule has 4 bridgehead atoms. The third kappa shape index (κ3) is 1.78. The second kappa shape index (κ2) is 3.96. The van der Waals surface area contributed by atoms with Gasteiger partial charge in [-0.3, -0.25) is 0 Å². The van der Waals surface area contributed by atoms with Crippen molar-refractivity contribution in [3.63, 3.8) is 0 Å². The highest BCUT2D eigenvalue weighted by molar-refractivity contribution is 5.32. The Morgan fingerprint density at radius 3 is 2.25 bits per heavy atom. The van der Waals surface area contributed by atoms with Crippen LogP contribution in [-0.2, 0) is 5.41 Å². The van der Waals surface area contributed by atoms with Crippen LogP contribution in [0.5, 0.6) is 0 Å². The van der Waals surface area contributed by atoms with Crippen LogP contribution in [0.3, 0.4) is 0 Å². The summed E-state index contributed by atoms with van der Waals surface area (Å²) in [5.41, 5.74) is 1.74. The van der Waals surface area contributed by atoms with E-state index in [1.54, 1.807) is 0 Å². The Balaban J connectivity index is 1.49. The van der Waals surface area contributed by atoms with Gasteiger partial charge < -0.3 is 5.32 Å². The molecular formula is C17H23N3. The highest BCUT2D eigenvalue weighted by Gasteiger charge is 2.52. The molecule has 0 saturated heterocycles. The van der Waals surface area contributed by atoms with Gasteiger partial charge in [0.2, 0.25) is 5.95 Å². The van der Waals surface area contributed by atoms with Gasteiger partial charge in [0.1, 0.15) is 0 Å². The van der Waals surface area contributed by atoms with Gasteiger partial charge in [-0.1, -0.05) is 0 Å². The molecule has 1 aromatic heterocycles. The van der Waals surface area contributed by atoms with Crippen LogP contribution >= 0.6 is 0 Å². The van der Waals surface area contributed by atoms with Gasteiger partial charge in [0.05, 0.1) is 5.69 Å². The molecule has 20 heavy (non-hydrogen) atoms. The Bertz CT molecular complexity index is 500. The smallest absolute Gasteiger partial charge is 0.223 e. The molecule has 0 amide bonds. The van der Waals surface area contributed by atoms with Gasteiger partial charge in [0.25, 0.3) is 0 Å². The minimum absolute atomic E-state index is 0.400. The zero-order valence-corrected chi connectivity index (χ0v) is 12.0. The monoisotopic (exact) mass is 269 g/mol. The summed E-state index contributed by atoms with van der Waals surface area (Å²) in [5, 5.41) is 3.47. The molecule has 5 aliphatic rings. The Hall–Kier alpha value is -1.12. The van der Waals surface area contributed by atoms with Crippen molar-refractivity contribution in [3.8, 4) is 0 Å². The lowest BCUT2D eigenvalue weighted by Gasteiger charge is -2.56. The van der Waals surface area contributed by atoms with E-state index < -0.39 is 0 Å². The van der Waals surface area contributed by atoms with E-state index in [9.17, 15) is 0 Å². The zero-order valence-electron chi connectivity index (χ0n) is 12.0. The Morgan fingerprint density at radius 1 is 1.00 bits per heavy atom. The maximum Gasteiger partial charge on any atom is 0.223 e. The van der Waals surface area contributed by atoms with E-state index in [1.165, 1.54) is 57.1 Å². The second-order valence-corrected chi connectivity index (χ2v) is 7.88. The van der Waals surface area contributed by atoms with E-state index in [-0.39, 0.29) is 0 Å². The fraction of sp³-hybridized carbons (Fsp3) is 0.765. The molecule has 5 fully saturated rings. The molecule has 0 unspecified atom stereocenters. The predicted octanol–water partition coefficient (Wildman–Crippen LogP) is 3.52. The van der Waals surface area contributed by atoms with Crippen LogP contribution in [0, 0.1) is 17.8 Å². The summed E-state index contributed by atoms with van der Waals surface area (Å²) < 4.78 is 0.